The second kappa shape index (κ2) is 5.94. The number of rotatable bonds is 4. The lowest BCUT2D eigenvalue weighted by Crippen LogP contribution is -2.17. The van der Waals surface area contributed by atoms with Crippen molar-refractivity contribution in [3.8, 4) is 0 Å². The minimum absolute atomic E-state index is 0.530. The molecular weight excluding hydrogens is 292 g/mol. The molecule has 0 bridgehead atoms. The molecule has 1 fully saturated rings. The molecule has 0 aliphatic heterocycles. The SMILES string of the molecule is Cc1cc(NCc2nncn2C2CCCCC2)c2nncn2n1. The van der Waals surface area contributed by atoms with Gasteiger partial charge < -0.3 is 9.88 Å². The van der Waals surface area contributed by atoms with E-state index >= 15 is 0 Å². The number of fused-ring (bicyclic) bond motifs is 1. The number of hydrogen-bond acceptors (Lipinski definition) is 6. The maximum absolute atomic E-state index is 4.35. The smallest absolute Gasteiger partial charge is 0.200 e. The Bertz CT molecular complexity index is 799. The Morgan fingerprint density at radius 2 is 1.96 bits per heavy atom. The second-order valence-corrected chi connectivity index (χ2v) is 6.10. The Balaban J connectivity index is 1.55. The highest BCUT2D eigenvalue weighted by Crippen LogP contribution is 2.28. The van der Waals surface area contributed by atoms with Gasteiger partial charge in [0.25, 0.3) is 0 Å². The first-order valence-electron chi connectivity index (χ1n) is 8.11. The standard InChI is InChI=1S/C15H20N8/c1-11-7-13(15-20-18-10-23(15)21-11)16-8-14-19-17-9-22(14)12-5-3-2-4-6-12/h7,9-10,12,16H,2-6,8H2,1H3. The molecule has 3 aromatic heterocycles. The van der Waals surface area contributed by atoms with Gasteiger partial charge in [0.1, 0.15) is 12.7 Å². The van der Waals surface area contributed by atoms with Crippen LogP contribution in [0.15, 0.2) is 18.7 Å². The van der Waals surface area contributed by atoms with E-state index in [2.05, 4.69) is 35.4 Å². The summed E-state index contributed by atoms with van der Waals surface area (Å²) in [5, 5.41) is 24.2. The van der Waals surface area contributed by atoms with Crippen LogP contribution in [0.4, 0.5) is 5.69 Å². The maximum Gasteiger partial charge on any atom is 0.200 e. The molecule has 4 rings (SSSR count). The summed E-state index contributed by atoms with van der Waals surface area (Å²) < 4.78 is 3.91. The van der Waals surface area contributed by atoms with Crippen molar-refractivity contribution in [2.45, 2.75) is 51.6 Å². The van der Waals surface area contributed by atoms with E-state index in [9.17, 15) is 0 Å². The van der Waals surface area contributed by atoms with Gasteiger partial charge in [-0.05, 0) is 25.8 Å². The highest BCUT2D eigenvalue weighted by molar-refractivity contribution is 5.66. The summed E-state index contributed by atoms with van der Waals surface area (Å²) in [6.07, 6.45) is 9.82. The molecular formula is C15H20N8. The Kier molecular flexibility index (Phi) is 3.64. The van der Waals surface area contributed by atoms with Crippen molar-refractivity contribution in [1.29, 1.82) is 0 Å². The summed E-state index contributed by atoms with van der Waals surface area (Å²) in [6, 6.07) is 2.51. The van der Waals surface area contributed by atoms with Gasteiger partial charge in [-0.15, -0.1) is 20.4 Å². The minimum Gasteiger partial charge on any atom is -0.375 e. The van der Waals surface area contributed by atoms with Crippen molar-refractivity contribution in [2.24, 2.45) is 0 Å². The molecule has 1 aliphatic rings. The Morgan fingerprint density at radius 3 is 2.83 bits per heavy atom. The van der Waals surface area contributed by atoms with Crippen molar-refractivity contribution in [1.82, 2.24) is 34.6 Å². The lowest BCUT2D eigenvalue weighted by Gasteiger charge is -2.24. The number of nitrogens with zero attached hydrogens (tertiary/aromatic N) is 7. The van der Waals surface area contributed by atoms with E-state index in [1.54, 1.807) is 10.8 Å². The zero-order chi connectivity index (χ0) is 15.6. The van der Waals surface area contributed by atoms with Crippen LogP contribution in [0.1, 0.15) is 49.7 Å². The highest BCUT2D eigenvalue weighted by atomic mass is 15.3. The molecule has 0 spiro atoms. The van der Waals surface area contributed by atoms with E-state index in [1.165, 1.54) is 32.1 Å². The molecule has 120 valence electrons. The molecule has 0 atom stereocenters. The summed E-state index contributed by atoms with van der Waals surface area (Å²) >= 11 is 0. The Morgan fingerprint density at radius 1 is 1.13 bits per heavy atom. The summed E-state index contributed by atoms with van der Waals surface area (Å²) in [4.78, 5) is 0. The van der Waals surface area contributed by atoms with Crippen LogP contribution in [0.25, 0.3) is 5.65 Å². The summed E-state index contributed by atoms with van der Waals surface area (Å²) in [6.45, 7) is 2.57. The fraction of sp³-hybridized carbons (Fsp3) is 0.533. The van der Waals surface area contributed by atoms with Gasteiger partial charge in [-0.25, -0.2) is 0 Å². The zero-order valence-corrected chi connectivity index (χ0v) is 13.2. The van der Waals surface area contributed by atoms with Crippen molar-refractivity contribution in [3.63, 3.8) is 0 Å². The van der Waals surface area contributed by atoms with E-state index in [1.807, 2.05) is 19.3 Å². The molecule has 3 heterocycles. The number of aromatic nitrogens is 7. The predicted molar refractivity (Wildman–Crippen MR) is 85.0 cm³/mol. The average molecular weight is 312 g/mol. The van der Waals surface area contributed by atoms with Crippen molar-refractivity contribution in [3.05, 3.63) is 30.2 Å². The molecule has 0 saturated heterocycles. The first kappa shape index (κ1) is 14.1. The average Bonchev–Trinajstić information content (AvgIpc) is 3.22. The van der Waals surface area contributed by atoms with Crippen molar-refractivity contribution in [2.75, 3.05) is 5.32 Å². The summed E-state index contributed by atoms with van der Waals surface area (Å²) in [5.74, 6) is 0.962. The Hall–Kier alpha value is -2.51. The molecule has 1 aliphatic carbocycles. The number of aryl methyl sites for hydroxylation is 1. The van der Waals surface area contributed by atoms with Crippen LogP contribution in [-0.4, -0.2) is 34.6 Å². The first-order chi connectivity index (χ1) is 11.3. The minimum atomic E-state index is 0.530. The van der Waals surface area contributed by atoms with Crippen molar-refractivity contribution < 1.29 is 0 Å². The number of hydrogen-bond donors (Lipinski definition) is 1. The molecule has 0 unspecified atom stereocenters. The summed E-state index contributed by atoms with van der Waals surface area (Å²) in [5.41, 5.74) is 2.54. The van der Waals surface area contributed by atoms with E-state index in [-0.39, 0.29) is 0 Å². The van der Waals surface area contributed by atoms with Gasteiger partial charge in [-0.3, -0.25) is 0 Å². The van der Waals surface area contributed by atoms with Gasteiger partial charge in [-0.1, -0.05) is 19.3 Å². The topological polar surface area (TPSA) is 85.8 Å². The van der Waals surface area contributed by atoms with Gasteiger partial charge in [0.2, 0.25) is 5.65 Å². The van der Waals surface area contributed by atoms with Crippen LogP contribution >= 0.6 is 0 Å². The lowest BCUT2D eigenvalue weighted by atomic mass is 9.95. The third-order valence-corrected chi connectivity index (χ3v) is 4.44. The number of anilines is 1. The third-order valence-electron chi connectivity index (χ3n) is 4.44. The monoisotopic (exact) mass is 312 g/mol. The first-order valence-corrected chi connectivity index (χ1v) is 8.11. The molecule has 1 saturated carbocycles. The van der Waals surface area contributed by atoms with Gasteiger partial charge in [0, 0.05) is 6.04 Å². The number of nitrogens with one attached hydrogen (secondary N) is 1. The Labute approximate surface area is 133 Å². The van der Waals surface area contributed by atoms with Crippen LogP contribution in [-0.2, 0) is 6.54 Å². The van der Waals surface area contributed by atoms with Gasteiger partial charge >= 0.3 is 0 Å². The lowest BCUT2D eigenvalue weighted by molar-refractivity contribution is 0.346. The molecule has 8 heteroatoms. The molecule has 8 nitrogen and oxygen atoms in total. The quantitative estimate of drug-likeness (QED) is 0.794. The van der Waals surface area contributed by atoms with E-state index < -0.39 is 0 Å². The van der Waals surface area contributed by atoms with Crippen molar-refractivity contribution >= 4 is 11.3 Å². The fourth-order valence-electron chi connectivity index (χ4n) is 3.31. The molecule has 3 aromatic rings. The van der Waals surface area contributed by atoms with Gasteiger partial charge in [-0.2, -0.15) is 9.61 Å². The normalized spacial score (nSPS) is 16.0. The van der Waals surface area contributed by atoms with E-state index in [4.69, 9.17) is 0 Å². The third kappa shape index (κ3) is 2.76. The van der Waals surface area contributed by atoms with Gasteiger partial charge in [0.05, 0.1) is 17.9 Å². The predicted octanol–water partition coefficient (Wildman–Crippen LogP) is 2.14. The molecule has 23 heavy (non-hydrogen) atoms. The van der Waals surface area contributed by atoms with Crippen LogP contribution in [0.5, 0.6) is 0 Å². The maximum atomic E-state index is 4.35. The summed E-state index contributed by atoms with van der Waals surface area (Å²) in [7, 11) is 0. The van der Waals surface area contributed by atoms with Crippen LogP contribution in [0, 0.1) is 6.92 Å². The van der Waals surface area contributed by atoms with Crippen LogP contribution in [0.2, 0.25) is 0 Å². The molecule has 0 amide bonds. The molecule has 0 radical (unpaired) electrons. The molecule has 1 N–H and O–H groups in total. The highest BCUT2D eigenvalue weighted by Gasteiger charge is 2.18. The van der Waals surface area contributed by atoms with Gasteiger partial charge in [0.15, 0.2) is 5.82 Å². The van der Waals surface area contributed by atoms with E-state index in [0.717, 1.165) is 22.9 Å². The largest absolute Gasteiger partial charge is 0.375 e. The van der Waals surface area contributed by atoms with Crippen LogP contribution < -0.4 is 5.32 Å². The zero-order valence-electron chi connectivity index (χ0n) is 13.2. The second-order valence-electron chi connectivity index (χ2n) is 6.10. The van der Waals surface area contributed by atoms with Crippen LogP contribution in [0.3, 0.4) is 0 Å². The molecule has 0 aromatic carbocycles. The fourth-order valence-corrected chi connectivity index (χ4v) is 3.31. The van der Waals surface area contributed by atoms with E-state index in [0.29, 0.717) is 12.6 Å².